The van der Waals surface area contributed by atoms with Crippen LogP contribution in [0.4, 0.5) is 5.69 Å². The van der Waals surface area contributed by atoms with Crippen LogP contribution in [-0.2, 0) is 11.3 Å². The van der Waals surface area contributed by atoms with Gasteiger partial charge in [0.2, 0.25) is 5.91 Å². The Bertz CT molecular complexity index is 350. The van der Waals surface area contributed by atoms with Crippen molar-refractivity contribution >= 4 is 11.6 Å². The van der Waals surface area contributed by atoms with Gasteiger partial charge in [-0.05, 0) is 18.7 Å². The minimum atomic E-state index is 0.0102. The lowest BCUT2D eigenvalue weighted by molar-refractivity contribution is -0.120. The molecule has 0 spiro atoms. The quantitative estimate of drug-likeness (QED) is 0.765. The van der Waals surface area contributed by atoms with Crippen molar-refractivity contribution in [2.24, 2.45) is 0 Å². The van der Waals surface area contributed by atoms with E-state index in [0.29, 0.717) is 13.1 Å². The Morgan fingerprint density at radius 2 is 2.00 bits per heavy atom. The van der Waals surface area contributed by atoms with Gasteiger partial charge >= 0.3 is 0 Å². The fraction of sp³-hybridized carbons (Fsp3) is 0.417. The molecule has 0 aliphatic heterocycles. The van der Waals surface area contributed by atoms with Gasteiger partial charge in [-0.15, -0.1) is 0 Å². The summed E-state index contributed by atoms with van der Waals surface area (Å²) >= 11 is 0. The maximum atomic E-state index is 11.3. The molecule has 0 atom stereocenters. The Morgan fingerprint density at radius 3 is 2.62 bits per heavy atom. The maximum Gasteiger partial charge on any atom is 0.234 e. The van der Waals surface area contributed by atoms with Gasteiger partial charge in [-0.25, -0.2) is 0 Å². The third-order valence-corrected chi connectivity index (χ3v) is 2.29. The van der Waals surface area contributed by atoms with E-state index in [1.807, 2.05) is 43.3 Å². The topological polar surface area (TPSA) is 44.4 Å². The lowest BCUT2D eigenvalue weighted by Gasteiger charge is -2.17. The van der Waals surface area contributed by atoms with Crippen molar-refractivity contribution in [1.29, 1.82) is 0 Å². The van der Waals surface area contributed by atoms with Crippen molar-refractivity contribution in [2.45, 2.75) is 6.54 Å². The smallest absolute Gasteiger partial charge is 0.234 e. The molecule has 4 heteroatoms. The lowest BCUT2D eigenvalue weighted by atomic mass is 10.1. The molecule has 0 aliphatic rings. The zero-order valence-corrected chi connectivity index (χ0v) is 10.1. The largest absolute Gasteiger partial charge is 0.377 e. The summed E-state index contributed by atoms with van der Waals surface area (Å²) in [6.07, 6.45) is 0. The molecule has 0 bridgehead atoms. The van der Waals surface area contributed by atoms with Crippen LogP contribution in [-0.4, -0.2) is 33.6 Å². The fourth-order valence-electron chi connectivity index (χ4n) is 1.51. The normalized spacial score (nSPS) is 9.94. The van der Waals surface area contributed by atoms with Crippen LogP contribution < -0.4 is 15.5 Å². The third-order valence-electron chi connectivity index (χ3n) is 2.29. The zero-order valence-electron chi connectivity index (χ0n) is 10.1. The highest BCUT2D eigenvalue weighted by Gasteiger charge is 2.04. The van der Waals surface area contributed by atoms with E-state index in [4.69, 9.17) is 0 Å². The monoisotopic (exact) mass is 221 g/mol. The predicted molar refractivity (Wildman–Crippen MR) is 66.5 cm³/mol. The van der Waals surface area contributed by atoms with Crippen LogP contribution in [0, 0.1) is 0 Å². The molecule has 0 saturated carbocycles. The second kappa shape index (κ2) is 6.12. The van der Waals surface area contributed by atoms with Crippen molar-refractivity contribution in [3.8, 4) is 0 Å². The van der Waals surface area contributed by atoms with E-state index in [1.165, 1.54) is 0 Å². The average Bonchev–Trinajstić information content (AvgIpc) is 2.27. The van der Waals surface area contributed by atoms with E-state index < -0.39 is 0 Å². The summed E-state index contributed by atoms with van der Waals surface area (Å²) in [5, 5.41) is 5.69. The van der Waals surface area contributed by atoms with Crippen LogP contribution in [0.5, 0.6) is 0 Å². The molecule has 0 saturated heterocycles. The molecule has 1 rings (SSSR count). The van der Waals surface area contributed by atoms with Gasteiger partial charge in [-0.2, -0.15) is 0 Å². The molecular formula is C12H19N3O. The molecule has 2 N–H and O–H groups in total. The van der Waals surface area contributed by atoms with E-state index in [0.717, 1.165) is 11.3 Å². The Kier molecular flexibility index (Phi) is 4.79. The number of hydrogen-bond acceptors (Lipinski definition) is 3. The first kappa shape index (κ1) is 12.5. The minimum absolute atomic E-state index is 0.0102. The first-order valence-electron chi connectivity index (χ1n) is 5.31. The number of benzene rings is 1. The number of nitrogens with one attached hydrogen (secondary N) is 2. The number of rotatable bonds is 5. The number of hydrogen-bond donors (Lipinski definition) is 2. The Hall–Kier alpha value is -1.55. The van der Waals surface area contributed by atoms with Gasteiger partial charge in [-0.1, -0.05) is 18.2 Å². The van der Waals surface area contributed by atoms with Crippen molar-refractivity contribution < 1.29 is 4.79 Å². The van der Waals surface area contributed by atoms with Crippen molar-refractivity contribution in [2.75, 3.05) is 32.6 Å². The molecule has 1 amide bonds. The van der Waals surface area contributed by atoms with Crippen LogP contribution in [0.3, 0.4) is 0 Å². The molecule has 0 fully saturated rings. The first-order chi connectivity index (χ1) is 7.65. The summed E-state index contributed by atoms with van der Waals surface area (Å²) in [4.78, 5) is 13.4. The zero-order chi connectivity index (χ0) is 12.0. The summed E-state index contributed by atoms with van der Waals surface area (Å²) in [5.74, 6) is 0.0102. The van der Waals surface area contributed by atoms with E-state index in [-0.39, 0.29) is 5.91 Å². The SMILES string of the molecule is CNCC(=O)NCc1ccccc1N(C)C. The second-order valence-electron chi connectivity index (χ2n) is 3.83. The van der Waals surface area contributed by atoms with Crippen molar-refractivity contribution in [3.63, 3.8) is 0 Å². The van der Waals surface area contributed by atoms with E-state index in [2.05, 4.69) is 10.6 Å². The van der Waals surface area contributed by atoms with Crippen molar-refractivity contribution in [1.82, 2.24) is 10.6 Å². The molecule has 16 heavy (non-hydrogen) atoms. The molecule has 0 radical (unpaired) electrons. The lowest BCUT2D eigenvalue weighted by Crippen LogP contribution is -2.32. The summed E-state index contributed by atoms with van der Waals surface area (Å²) in [6.45, 7) is 0.916. The van der Waals surface area contributed by atoms with E-state index in [1.54, 1.807) is 7.05 Å². The Morgan fingerprint density at radius 1 is 1.31 bits per heavy atom. The summed E-state index contributed by atoms with van der Waals surface area (Å²) in [5.41, 5.74) is 2.25. The van der Waals surface area contributed by atoms with Crippen LogP contribution in [0.15, 0.2) is 24.3 Å². The number of anilines is 1. The average molecular weight is 221 g/mol. The van der Waals surface area contributed by atoms with Crippen molar-refractivity contribution in [3.05, 3.63) is 29.8 Å². The summed E-state index contributed by atoms with van der Waals surface area (Å²) < 4.78 is 0. The standard InChI is InChI=1S/C12H19N3O/c1-13-9-12(16)14-8-10-6-4-5-7-11(10)15(2)3/h4-7,13H,8-9H2,1-3H3,(H,14,16). The van der Waals surface area contributed by atoms with Crippen LogP contribution >= 0.6 is 0 Å². The highest BCUT2D eigenvalue weighted by Crippen LogP contribution is 2.17. The third kappa shape index (κ3) is 3.55. The van der Waals surface area contributed by atoms with Gasteiger partial charge in [0.1, 0.15) is 0 Å². The molecule has 0 heterocycles. The number of para-hydroxylation sites is 1. The molecule has 88 valence electrons. The molecule has 1 aromatic carbocycles. The Labute approximate surface area is 96.6 Å². The number of carbonyl (C=O) groups is 1. The van der Waals surface area contributed by atoms with Crippen LogP contribution in [0.1, 0.15) is 5.56 Å². The molecular weight excluding hydrogens is 202 g/mol. The first-order valence-corrected chi connectivity index (χ1v) is 5.31. The van der Waals surface area contributed by atoms with E-state index >= 15 is 0 Å². The van der Waals surface area contributed by atoms with Crippen LogP contribution in [0.25, 0.3) is 0 Å². The molecule has 0 aliphatic carbocycles. The molecule has 1 aromatic rings. The summed E-state index contributed by atoms with van der Waals surface area (Å²) in [6, 6.07) is 8.04. The minimum Gasteiger partial charge on any atom is -0.377 e. The fourth-order valence-corrected chi connectivity index (χ4v) is 1.51. The van der Waals surface area contributed by atoms with E-state index in [9.17, 15) is 4.79 Å². The van der Waals surface area contributed by atoms with Gasteiger partial charge < -0.3 is 15.5 Å². The number of nitrogens with zero attached hydrogens (tertiary/aromatic N) is 1. The highest BCUT2D eigenvalue weighted by molar-refractivity contribution is 5.78. The van der Waals surface area contributed by atoms with Gasteiger partial charge in [0.05, 0.1) is 6.54 Å². The molecule has 4 nitrogen and oxygen atoms in total. The number of likely N-dealkylation sites (N-methyl/N-ethyl adjacent to an activating group) is 1. The van der Waals surface area contributed by atoms with Gasteiger partial charge in [0, 0.05) is 26.3 Å². The van der Waals surface area contributed by atoms with Crippen LogP contribution in [0.2, 0.25) is 0 Å². The predicted octanol–water partition coefficient (Wildman–Crippen LogP) is 0.588. The number of carbonyl (C=O) groups excluding carboxylic acids is 1. The van der Waals surface area contributed by atoms with Gasteiger partial charge in [0.25, 0.3) is 0 Å². The maximum absolute atomic E-state index is 11.3. The highest BCUT2D eigenvalue weighted by atomic mass is 16.1. The molecule has 0 aromatic heterocycles. The summed E-state index contributed by atoms with van der Waals surface area (Å²) in [7, 11) is 5.75. The second-order valence-corrected chi connectivity index (χ2v) is 3.83. The molecule has 0 unspecified atom stereocenters. The Balaban J connectivity index is 2.63. The number of amides is 1. The van der Waals surface area contributed by atoms with Gasteiger partial charge in [-0.3, -0.25) is 4.79 Å². The van der Waals surface area contributed by atoms with Gasteiger partial charge in [0.15, 0.2) is 0 Å².